The SMILES string of the molecule is Cc1ccc(C=O)c(Cc2ccc3ccccc3n2)c1. The number of hydrogen-bond donors (Lipinski definition) is 0. The Hall–Kier alpha value is -2.48. The second kappa shape index (κ2) is 5.25. The summed E-state index contributed by atoms with van der Waals surface area (Å²) in [6, 6.07) is 18.1. The van der Waals surface area contributed by atoms with Crippen LogP contribution in [0.1, 0.15) is 27.2 Å². The van der Waals surface area contributed by atoms with Gasteiger partial charge in [-0.15, -0.1) is 0 Å². The lowest BCUT2D eigenvalue weighted by atomic mass is 10.0. The van der Waals surface area contributed by atoms with E-state index >= 15 is 0 Å². The number of aldehydes is 1. The van der Waals surface area contributed by atoms with Crippen molar-refractivity contribution in [1.82, 2.24) is 4.98 Å². The number of para-hydroxylation sites is 1. The zero-order chi connectivity index (χ0) is 13.9. The fraction of sp³-hybridized carbons (Fsp3) is 0.111. The van der Waals surface area contributed by atoms with Crippen molar-refractivity contribution in [3.05, 3.63) is 77.0 Å². The summed E-state index contributed by atoms with van der Waals surface area (Å²) in [5, 5.41) is 1.14. The molecule has 3 aromatic rings. The quantitative estimate of drug-likeness (QED) is 0.668. The van der Waals surface area contributed by atoms with Crippen molar-refractivity contribution in [1.29, 1.82) is 0 Å². The molecule has 2 aromatic carbocycles. The van der Waals surface area contributed by atoms with Gasteiger partial charge in [-0.05, 0) is 24.6 Å². The van der Waals surface area contributed by atoms with Gasteiger partial charge in [0.1, 0.15) is 6.29 Å². The normalized spacial score (nSPS) is 10.7. The summed E-state index contributed by atoms with van der Waals surface area (Å²) < 4.78 is 0. The van der Waals surface area contributed by atoms with Gasteiger partial charge in [-0.1, -0.05) is 48.0 Å². The van der Waals surface area contributed by atoms with Crippen molar-refractivity contribution in [2.45, 2.75) is 13.3 Å². The highest BCUT2D eigenvalue weighted by molar-refractivity contribution is 5.79. The molecule has 2 heteroatoms. The fourth-order valence-electron chi connectivity index (χ4n) is 2.40. The Morgan fingerprint density at radius 2 is 1.90 bits per heavy atom. The second-order valence-corrected chi connectivity index (χ2v) is 4.99. The molecule has 0 fully saturated rings. The Bertz CT molecular complexity index is 777. The average molecular weight is 261 g/mol. The predicted molar refractivity (Wildman–Crippen MR) is 81.1 cm³/mol. The highest BCUT2D eigenvalue weighted by Crippen LogP contribution is 2.17. The molecule has 0 aliphatic rings. The van der Waals surface area contributed by atoms with Crippen LogP contribution in [0.2, 0.25) is 0 Å². The smallest absolute Gasteiger partial charge is 0.150 e. The van der Waals surface area contributed by atoms with E-state index in [0.29, 0.717) is 6.42 Å². The van der Waals surface area contributed by atoms with Crippen LogP contribution in [0.3, 0.4) is 0 Å². The third-order valence-electron chi connectivity index (χ3n) is 3.45. The first kappa shape index (κ1) is 12.5. The van der Waals surface area contributed by atoms with Gasteiger partial charge >= 0.3 is 0 Å². The fourth-order valence-corrected chi connectivity index (χ4v) is 2.40. The van der Waals surface area contributed by atoms with Crippen molar-refractivity contribution in [2.24, 2.45) is 0 Å². The number of aromatic nitrogens is 1. The van der Waals surface area contributed by atoms with Gasteiger partial charge in [-0.3, -0.25) is 9.78 Å². The predicted octanol–water partition coefficient (Wildman–Crippen LogP) is 3.95. The third kappa shape index (κ3) is 2.45. The van der Waals surface area contributed by atoms with E-state index in [1.165, 1.54) is 0 Å². The number of fused-ring (bicyclic) bond motifs is 1. The van der Waals surface area contributed by atoms with E-state index in [1.807, 2.05) is 43.3 Å². The van der Waals surface area contributed by atoms with Gasteiger partial charge in [0.15, 0.2) is 0 Å². The molecule has 98 valence electrons. The zero-order valence-electron chi connectivity index (χ0n) is 11.3. The lowest BCUT2D eigenvalue weighted by Crippen LogP contribution is -1.97. The van der Waals surface area contributed by atoms with E-state index in [0.717, 1.165) is 39.6 Å². The molecule has 0 unspecified atom stereocenters. The Labute approximate surface area is 118 Å². The summed E-state index contributed by atoms with van der Waals surface area (Å²) in [6.45, 7) is 2.03. The van der Waals surface area contributed by atoms with Gasteiger partial charge < -0.3 is 0 Å². The number of aryl methyl sites for hydroxylation is 1. The maximum atomic E-state index is 11.1. The minimum absolute atomic E-state index is 0.681. The third-order valence-corrected chi connectivity index (χ3v) is 3.45. The Kier molecular flexibility index (Phi) is 3.30. The molecule has 0 aliphatic carbocycles. The number of carbonyl (C=O) groups excluding carboxylic acids is 1. The first-order chi connectivity index (χ1) is 9.76. The number of benzene rings is 2. The molecule has 0 atom stereocenters. The zero-order valence-corrected chi connectivity index (χ0v) is 11.3. The van der Waals surface area contributed by atoms with E-state index in [2.05, 4.69) is 23.2 Å². The maximum absolute atomic E-state index is 11.1. The van der Waals surface area contributed by atoms with Crippen LogP contribution in [0.15, 0.2) is 54.6 Å². The van der Waals surface area contributed by atoms with E-state index in [-0.39, 0.29) is 0 Å². The van der Waals surface area contributed by atoms with Gasteiger partial charge in [-0.25, -0.2) is 0 Å². The summed E-state index contributed by atoms with van der Waals surface area (Å²) in [6.07, 6.45) is 1.59. The molecule has 0 saturated heterocycles. The molecule has 0 saturated carbocycles. The largest absolute Gasteiger partial charge is 0.298 e. The lowest BCUT2D eigenvalue weighted by Gasteiger charge is -2.07. The van der Waals surface area contributed by atoms with Gasteiger partial charge in [-0.2, -0.15) is 0 Å². The van der Waals surface area contributed by atoms with Crippen LogP contribution in [-0.2, 0) is 6.42 Å². The minimum Gasteiger partial charge on any atom is -0.298 e. The van der Waals surface area contributed by atoms with Crippen LogP contribution in [-0.4, -0.2) is 11.3 Å². The van der Waals surface area contributed by atoms with Crippen molar-refractivity contribution in [3.63, 3.8) is 0 Å². The highest BCUT2D eigenvalue weighted by atomic mass is 16.1. The van der Waals surface area contributed by atoms with E-state index in [1.54, 1.807) is 0 Å². The summed E-state index contributed by atoms with van der Waals surface area (Å²) in [5.41, 5.74) is 4.91. The molecular formula is C18H15NO. The summed E-state index contributed by atoms with van der Waals surface area (Å²) in [5.74, 6) is 0. The van der Waals surface area contributed by atoms with E-state index in [4.69, 9.17) is 0 Å². The van der Waals surface area contributed by atoms with E-state index < -0.39 is 0 Å². The lowest BCUT2D eigenvalue weighted by molar-refractivity contribution is 0.112. The van der Waals surface area contributed by atoms with Gasteiger partial charge in [0.2, 0.25) is 0 Å². The summed E-state index contributed by atoms with van der Waals surface area (Å²) >= 11 is 0. The first-order valence-electron chi connectivity index (χ1n) is 6.65. The molecule has 1 aromatic heterocycles. The van der Waals surface area contributed by atoms with Crippen LogP contribution in [0, 0.1) is 6.92 Å². The van der Waals surface area contributed by atoms with Crippen LogP contribution in [0.4, 0.5) is 0 Å². The summed E-state index contributed by atoms with van der Waals surface area (Å²) in [4.78, 5) is 15.8. The molecule has 0 aliphatic heterocycles. The molecular weight excluding hydrogens is 246 g/mol. The van der Waals surface area contributed by atoms with Crippen molar-refractivity contribution in [3.8, 4) is 0 Å². The molecule has 3 rings (SSSR count). The maximum Gasteiger partial charge on any atom is 0.150 e. The van der Waals surface area contributed by atoms with Crippen molar-refractivity contribution in [2.75, 3.05) is 0 Å². The Balaban J connectivity index is 2.00. The Morgan fingerprint density at radius 1 is 1.05 bits per heavy atom. The van der Waals surface area contributed by atoms with Gasteiger partial charge in [0.05, 0.1) is 5.52 Å². The number of hydrogen-bond acceptors (Lipinski definition) is 2. The molecule has 0 radical (unpaired) electrons. The molecule has 1 heterocycles. The van der Waals surface area contributed by atoms with Crippen molar-refractivity contribution >= 4 is 17.2 Å². The van der Waals surface area contributed by atoms with Crippen LogP contribution in [0.5, 0.6) is 0 Å². The van der Waals surface area contributed by atoms with Crippen LogP contribution >= 0.6 is 0 Å². The van der Waals surface area contributed by atoms with E-state index in [9.17, 15) is 4.79 Å². The topological polar surface area (TPSA) is 30.0 Å². The number of pyridine rings is 1. The highest BCUT2D eigenvalue weighted by Gasteiger charge is 2.05. The number of carbonyl (C=O) groups is 1. The van der Waals surface area contributed by atoms with Crippen LogP contribution in [0.25, 0.3) is 10.9 Å². The molecule has 0 bridgehead atoms. The van der Waals surface area contributed by atoms with Crippen LogP contribution < -0.4 is 0 Å². The van der Waals surface area contributed by atoms with Gasteiger partial charge in [0.25, 0.3) is 0 Å². The first-order valence-corrected chi connectivity index (χ1v) is 6.65. The summed E-state index contributed by atoms with van der Waals surface area (Å²) in [7, 11) is 0. The molecule has 0 N–H and O–H groups in total. The average Bonchev–Trinajstić information content (AvgIpc) is 2.47. The molecule has 0 spiro atoms. The Morgan fingerprint density at radius 3 is 2.75 bits per heavy atom. The monoisotopic (exact) mass is 261 g/mol. The second-order valence-electron chi connectivity index (χ2n) is 4.99. The minimum atomic E-state index is 0.681. The number of nitrogens with zero attached hydrogens (tertiary/aromatic N) is 1. The molecule has 2 nitrogen and oxygen atoms in total. The number of rotatable bonds is 3. The molecule has 0 amide bonds. The van der Waals surface area contributed by atoms with Crippen molar-refractivity contribution < 1.29 is 4.79 Å². The van der Waals surface area contributed by atoms with Gasteiger partial charge in [0, 0.05) is 23.1 Å². The molecule has 20 heavy (non-hydrogen) atoms. The standard InChI is InChI=1S/C18H15NO/c1-13-6-7-15(12-20)16(10-13)11-17-9-8-14-4-2-3-5-18(14)19-17/h2-10,12H,11H2,1H3.